The number of ether oxygens (including phenoxy) is 1. The SMILES string of the molecule is CCC1(CC)NC(=O)N(CC(=O)N2N=C(c3ccc4ccccc4c3)C[C@H]2c2ccc(OC)cc2)C1=O. The Morgan fingerprint density at radius 2 is 1.73 bits per heavy atom. The van der Waals surface area contributed by atoms with Crippen LogP contribution in [0.3, 0.4) is 0 Å². The van der Waals surface area contributed by atoms with Gasteiger partial charge in [0, 0.05) is 6.42 Å². The molecule has 0 bridgehead atoms. The van der Waals surface area contributed by atoms with E-state index in [4.69, 9.17) is 9.84 Å². The van der Waals surface area contributed by atoms with E-state index < -0.39 is 17.5 Å². The Hall–Kier alpha value is -4.20. The number of carbonyl (C=O) groups is 3. The Morgan fingerprint density at radius 3 is 2.38 bits per heavy atom. The van der Waals surface area contributed by atoms with E-state index in [0.29, 0.717) is 25.0 Å². The van der Waals surface area contributed by atoms with Crippen LogP contribution in [0.15, 0.2) is 71.8 Å². The number of methoxy groups -OCH3 is 1. The van der Waals surface area contributed by atoms with Crippen molar-refractivity contribution in [2.75, 3.05) is 13.7 Å². The number of nitrogens with one attached hydrogen (secondary N) is 1. The van der Waals surface area contributed by atoms with Gasteiger partial charge < -0.3 is 10.1 Å². The van der Waals surface area contributed by atoms with E-state index in [0.717, 1.165) is 32.5 Å². The normalized spacial score (nSPS) is 18.8. The van der Waals surface area contributed by atoms with Crippen LogP contribution >= 0.6 is 0 Å². The topological polar surface area (TPSA) is 91.3 Å². The summed E-state index contributed by atoms with van der Waals surface area (Å²) in [6.45, 7) is 3.34. The second-order valence-electron chi connectivity index (χ2n) is 9.45. The Morgan fingerprint density at radius 1 is 1.03 bits per heavy atom. The molecule has 1 N–H and O–H groups in total. The fourth-order valence-electron chi connectivity index (χ4n) is 5.13. The van der Waals surface area contributed by atoms with Crippen LogP contribution in [0.25, 0.3) is 10.8 Å². The predicted octanol–water partition coefficient (Wildman–Crippen LogP) is 4.64. The van der Waals surface area contributed by atoms with Gasteiger partial charge in [-0.05, 0) is 52.9 Å². The molecular formula is C29H30N4O4. The Bertz CT molecular complexity index is 1390. The van der Waals surface area contributed by atoms with Crippen LogP contribution in [0.4, 0.5) is 4.79 Å². The number of carbonyl (C=O) groups excluding carboxylic acids is 3. The van der Waals surface area contributed by atoms with E-state index >= 15 is 0 Å². The summed E-state index contributed by atoms with van der Waals surface area (Å²) in [5, 5.41) is 11.2. The molecule has 3 aromatic rings. The Labute approximate surface area is 215 Å². The number of hydrogen-bond donors (Lipinski definition) is 1. The highest BCUT2D eigenvalue weighted by Crippen LogP contribution is 2.35. The number of rotatable bonds is 7. The first-order chi connectivity index (χ1) is 17.9. The van der Waals surface area contributed by atoms with Gasteiger partial charge in [-0.2, -0.15) is 5.10 Å². The molecular weight excluding hydrogens is 468 g/mol. The molecule has 0 radical (unpaired) electrons. The number of urea groups is 1. The highest BCUT2D eigenvalue weighted by Gasteiger charge is 2.50. The van der Waals surface area contributed by atoms with E-state index in [-0.39, 0.29) is 18.5 Å². The number of amides is 4. The Balaban J connectivity index is 1.47. The standard InChI is InChI=1S/C29H30N4O4/c1-4-29(5-2)27(35)32(28(36)30-29)18-26(34)33-25(20-12-14-23(37-3)15-13-20)17-24(31-33)22-11-10-19-8-6-7-9-21(19)16-22/h6-16,25H,4-5,17-18H2,1-3H3,(H,30,36)/t25-/m0/s1. The van der Waals surface area contributed by atoms with Crippen LogP contribution < -0.4 is 10.1 Å². The molecule has 2 aliphatic heterocycles. The molecule has 1 atom stereocenters. The summed E-state index contributed by atoms with van der Waals surface area (Å²) in [4.78, 5) is 40.4. The van der Waals surface area contributed by atoms with Crippen molar-refractivity contribution in [3.05, 3.63) is 77.9 Å². The lowest BCUT2D eigenvalue weighted by molar-refractivity contribution is -0.140. The van der Waals surface area contributed by atoms with Gasteiger partial charge in [-0.25, -0.2) is 9.80 Å². The van der Waals surface area contributed by atoms with Gasteiger partial charge in [0.2, 0.25) is 0 Å². The molecule has 8 heteroatoms. The third kappa shape index (κ3) is 4.33. The summed E-state index contributed by atoms with van der Waals surface area (Å²) in [6.07, 6.45) is 1.42. The van der Waals surface area contributed by atoms with Crippen molar-refractivity contribution >= 4 is 34.3 Å². The maximum absolute atomic E-state index is 13.6. The lowest BCUT2D eigenvalue weighted by Gasteiger charge is -2.25. The van der Waals surface area contributed by atoms with Gasteiger partial charge in [0.15, 0.2) is 0 Å². The van der Waals surface area contributed by atoms with Crippen LogP contribution in [-0.2, 0) is 9.59 Å². The van der Waals surface area contributed by atoms with Crippen molar-refractivity contribution < 1.29 is 19.1 Å². The van der Waals surface area contributed by atoms with Gasteiger partial charge in [0.05, 0.1) is 18.9 Å². The molecule has 1 fully saturated rings. The van der Waals surface area contributed by atoms with Crippen LogP contribution in [0.2, 0.25) is 0 Å². The number of imide groups is 1. The van der Waals surface area contributed by atoms with Crippen molar-refractivity contribution in [2.45, 2.75) is 44.7 Å². The lowest BCUT2D eigenvalue weighted by atomic mass is 9.93. The summed E-state index contributed by atoms with van der Waals surface area (Å²) in [7, 11) is 1.60. The number of nitrogens with zero attached hydrogens (tertiary/aromatic N) is 3. The van der Waals surface area contributed by atoms with Gasteiger partial charge in [-0.3, -0.25) is 14.5 Å². The van der Waals surface area contributed by atoms with Gasteiger partial charge in [0.1, 0.15) is 17.8 Å². The third-order valence-corrected chi connectivity index (χ3v) is 7.50. The van der Waals surface area contributed by atoms with Crippen LogP contribution in [0, 0.1) is 0 Å². The summed E-state index contributed by atoms with van der Waals surface area (Å²) in [6, 6.07) is 20.8. The van der Waals surface area contributed by atoms with E-state index in [1.165, 1.54) is 5.01 Å². The molecule has 5 rings (SSSR count). The molecule has 0 saturated carbocycles. The molecule has 1 saturated heterocycles. The first-order valence-corrected chi connectivity index (χ1v) is 12.6. The number of benzene rings is 3. The first-order valence-electron chi connectivity index (χ1n) is 12.6. The second-order valence-corrected chi connectivity index (χ2v) is 9.45. The highest BCUT2D eigenvalue weighted by molar-refractivity contribution is 6.10. The monoisotopic (exact) mass is 498 g/mol. The molecule has 0 unspecified atom stereocenters. The minimum absolute atomic E-state index is 0.366. The van der Waals surface area contributed by atoms with Crippen LogP contribution in [0.1, 0.15) is 50.3 Å². The van der Waals surface area contributed by atoms with E-state index in [1.54, 1.807) is 7.11 Å². The van der Waals surface area contributed by atoms with Crippen molar-refractivity contribution in [3.63, 3.8) is 0 Å². The number of hydrazone groups is 1. The molecule has 0 aliphatic carbocycles. The van der Waals surface area contributed by atoms with Gasteiger partial charge in [-0.1, -0.05) is 62.4 Å². The summed E-state index contributed by atoms with van der Waals surface area (Å²) < 4.78 is 5.29. The molecule has 37 heavy (non-hydrogen) atoms. The van der Waals surface area contributed by atoms with Crippen LogP contribution in [0.5, 0.6) is 5.75 Å². The van der Waals surface area contributed by atoms with E-state index in [1.807, 2.05) is 68.4 Å². The average Bonchev–Trinajstić information content (AvgIpc) is 3.48. The fraction of sp³-hybridized carbons (Fsp3) is 0.310. The third-order valence-electron chi connectivity index (χ3n) is 7.50. The zero-order valence-corrected chi connectivity index (χ0v) is 21.2. The summed E-state index contributed by atoms with van der Waals surface area (Å²) in [5.41, 5.74) is 1.63. The maximum atomic E-state index is 13.6. The highest BCUT2D eigenvalue weighted by atomic mass is 16.5. The number of fused-ring (bicyclic) bond motifs is 1. The largest absolute Gasteiger partial charge is 0.497 e. The minimum atomic E-state index is -0.961. The fourth-order valence-corrected chi connectivity index (χ4v) is 5.13. The molecule has 3 aromatic carbocycles. The van der Waals surface area contributed by atoms with Crippen molar-refractivity contribution in [3.8, 4) is 5.75 Å². The Kier molecular flexibility index (Phi) is 6.41. The zero-order chi connectivity index (χ0) is 26.2. The predicted molar refractivity (Wildman–Crippen MR) is 141 cm³/mol. The minimum Gasteiger partial charge on any atom is -0.497 e. The van der Waals surface area contributed by atoms with Gasteiger partial charge in [0.25, 0.3) is 11.8 Å². The average molecular weight is 499 g/mol. The van der Waals surface area contributed by atoms with E-state index in [9.17, 15) is 14.4 Å². The first kappa shape index (κ1) is 24.5. The molecule has 2 heterocycles. The van der Waals surface area contributed by atoms with Crippen molar-refractivity contribution in [1.29, 1.82) is 0 Å². The number of hydrogen-bond acceptors (Lipinski definition) is 5. The van der Waals surface area contributed by atoms with E-state index in [2.05, 4.69) is 17.4 Å². The van der Waals surface area contributed by atoms with Crippen LogP contribution in [-0.4, -0.2) is 52.7 Å². The molecule has 0 spiro atoms. The molecule has 2 aliphatic rings. The quantitative estimate of drug-likeness (QED) is 0.481. The zero-order valence-electron chi connectivity index (χ0n) is 21.2. The smallest absolute Gasteiger partial charge is 0.325 e. The summed E-state index contributed by atoms with van der Waals surface area (Å²) >= 11 is 0. The summed E-state index contributed by atoms with van der Waals surface area (Å²) in [5.74, 6) is -0.0667. The second kappa shape index (κ2) is 9.69. The van der Waals surface area contributed by atoms with Gasteiger partial charge >= 0.3 is 6.03 Å². The van der Waals surface area contributed by atoms with Crippen molar-refractivity contribution in [1.82, 2.24) is 15.2 Å². The van der Waals surface area contributed by atoms with Crippen molar-refractivity contribution in [2.24, 2.45) is 5.10 Å². The lowest BCUT2D eigenvalue weighted by Crippen LogP contribution is -2.46. The maximum Gasteiger partial charge on any atom is 0.325 e. The van der Waals surface area contributed by atoms with Gasteiger partial charge in [-0.15, -0.1) is 0 Å². The molecule has 0 aromatic heterocycles. The molecule has 8 nitrogen and oxygen atoms in total. The molecule has 190 valence electrons. The molecule has 4 amide bonds.